The van der Waals surface area contributed by atoms with E-state index in [1.54, 1.807) is 28.0 Å². The molecule has 2 aliphatic heterocycles. The zero-order chi connectivity index (χ0) is 13.4. The number of thioether (sulfide) groups is 1. The van der Waals surface area contributed by atoms with Crippen molar-refractivity contribution < 1.29 is 14.7 Å². The fourth-order valence-corrected chi connectivity index (χ4v) is 5.05. The van der Waals surface area contributed by atoms with Crippen molar-refractivity contribution in [1.29, 1.82) is 0 Å². The van der Waals surface area contributed by atoms with E-state index in [0.29, 0.717) is 19.5 Å². The van der Waals surface area contributed by atoms with Crippen LogP contribution in [0, 0.1) is 5.92 Å². The summed E-state index contributed by atoms with van der Waals surface area (Å²) in [4.78, 5) is 26.5. The molecule has 0 bridgehead atoms. The van der Waals surface area contributed by atoms with Crippen LogP contribution < -0.4 is 0 Å². The average Bonchev–Trinajstić information content (AvgIpc) is 3.06. The van der Waals surface area contributed by atoms with Crippen LogP contribution in [0.3, 0.4) is 0 Å². The zero-order valence-electron chi connectivity index (χ0n) is 10.4. The number of amides is 1. The van der Waals surface area contributed by atoms with Crippen LogP contribution in [0.4, 0.5) is 0 Å². The Balaban J connectivity index is 1.74. The fraction of sp³-hybridized carbons (Fsp3) is 0.538. The van der Waals surface area contributed by atoms with Crippen molar-refractivity contribution in [3.05, 3.63) is 21.9 Å². The molecule has 0 saturated carbocycles. The highest BCUT2D eigenvalue weighted by Crippen LogP contribution is 2.41. The second kappa shape index (κ2) is 5.17. The molecule has 19 heavy (non-hydrogen) atoms. The Morgan fingerprint density at radius 1 is 1.42 bits per heavy atom. The monoisotopic (exact) mass is 297 g/mol. The third-order valence-corrected chi connectivity index (χ3v) is 5.97. The third kappa shape index (κ3) is 2.39. The van der Waals surface area contributed by atoms with E-state index in [4.69, 9.17) is 5.11 Å². The molecule has 3 heterocycles. The van der Waals surface area contributed by atoms with Gasteiger partial charge >= 0.3 is 5.97 Å². The lowest BCUT2D eigenvalue weighted by Gasteiger charge is -2.26. The van der Waals surface area contributed by atoms with Gasteiger partial charge in [0.1, 0.15) is 5.25 Å². The quantitative estimate of drug-likeness (QED) is 0.907. The Hall–Kier alpha value is -1.01. The first-order valence-corrected chi connectivity index (χ1v) is 8.29. The summed E-state index contributed by atoms with van der Waals surface area (Å²) in [6, 6.07) is 2.04. The van der Waals surface area contributed by atoms with Gasteiger partial charge in [0.05, 0.1) is 5.92 Å². The highest BCUT2D eigenvalue weighted by molar-refractivity contribution is 8.00. The SMILES string of the molecule is O=C(O)C1CCN(C(=O)C2SCCc3sccc32)C1. The lowest BCUT2D eigenvalue weighted by molar-refractivity contribution is -0.141. The van der Waals surface area contributed by atoms with Crippen LogP contribution in [0.15, 0.2) is 11.4 Å². The van der Waals surface area contributed by atoms with Gasteiger partial charge < -0.3 is 10.0 Å². The van der Waals surface area contributed by atoms with Crippen LogP contribution >= 0.6 is 23.1 Å². The molecule has 6 heteroatoms. The Morgan fingerprint density at radius 2 is 2.26 bits per heavy atom. The summed E-state index contributed by atoms with van der Waals surface area (Å²) in [5, 5.41) is 10.9. The molecule has 1 amide bonds. The Bertz CT molecular complexity index is 514. The molecule has 0 spiro atoms. The van der Waals surface area contributed by atoms with Crippen LogP contribution in [0.5, 0.6) is 0 Å². The van der Waals surface area contributed by atoms with Crippen molar-refractivity contribution in [1.82, 2.24) is 4.90 Å². The second-order valence-corrected chi connectivity index (χ2v) is 7.12. The van der Waals surface area contributed by atoms with Crippen LogP contribution in [0.1, 0.15) is 22.1 Å². The minimum atomic E-state index is -0.789. The second-order valence-electron chi connectivity index (χ2n) is 4.91. The van der Waals surface area contributed by atoms with E-state index in [1.807, 2.05) is 11.4 Å². The maximum Gasteiger partial charge on any atom is 0.308 e. The van der Waals surface area contributed by atoms with E-state index in [1.165, 1.54) is 4.88 Å². The number of carbonyl (C=O) groups is 2. The van der Waals surface area contributed by atoms with E-state index in [9.17, 15) is 9.59 Å². The predicted octanol–water partition coefficient (Wildman–Crippen LogP) is 2.01. The molecule has 1 fully saturated rings. The maximum atomic E-state index is 12.5. The number of rotatable bonds is 2. The Labute approximate surface area is 119 Å². The molecule has 1 N–H and O–H groups in total. The molecule has 0 aromatic carbocycles. The number of aryl methyl sites for hydroxylation is 1. The van der Waals surface area contributed by atoms with Crippen LogP contribution in [-0.2, 0) is 16.0 Å². The molecule has 102 valence electrons. The van der Waals surface area contributed by atoms with E-state index >= 15 is 0 Å². The lowest BCUT2D eigenvalue weighted by atomic mass is 10.1. The molecular formula is C13H15NO3S2. The van der Waals surface area contributed by atoms with Crippen molar-refractivity contribution in [3.63, 3.8) is 0 Å². The van der Waals surface area contributed by atoms with Gasteiger partial charge in [-0.15, -0.1) is 23.1 Å². The minimum absolute atomic E-state index is 0.0908. The Kier molecular flexibility index (Phi) is 3.54. The average molecular weight is 297 g/mol. The molecule has 1 aromatic rings. The summed E-state index contributed by atoms with van der Waals surface area (Å²) in [7, 11) is 0. The smallest absolute Gasteiger partial charge is 0.308 e. The topological polar surface area (TPSA) is 57.6 Å². The summed E-state index contributed by atoms with van der Waals surface area (Å²) < 4.78 is 0. The van der Waals surface area contributed by atoms with E-state index in [0.717, 1.165) is 17.7 Å². The number of hydrogen-bond acceptors (Lipinski definition) is 4. The minimum Gasteiger partial charge on any atom is -0.481 e. The van der Waals surface area contributed by atoms with Crippen molar-refractivity contribution in [2.75, 3.05) is 18.8 Å². The third-order valence-electron chi connectivity index (χ3n) is 3.75. The van der Waals surface area contributed by atoms with E-state index < -0.39 is 5.97 Å². The molecule has 1 saturated heterocycles. The number of hydrogen-bond donors (Lipinski definition) is 1. The van der Waals surface area contributed by atoms with Gasteiger partial charge in [0.25, 0.3) is 0 Å². The van der Waals surface area contributed by atoms with E-state index in [2.05, 4.69) is 0 Å². The number of likely N-dealkylation sites (tertiary alicyclic amines) is 1. The van der Waals surface area contributed by atoms with Gasteiger partial charge in [0.15, 0.2) is 0 Å². The van der Waals surface area contributed by atoms with Crippen molar-refractivity contribution in [2.45, 2.75) is 18.1 Å². The lowest BCUT2D eigenvalue weighted by Crippen LogP contribution is -2.34. The molecule has 3 rings (SSSR count). The van der Waals surface area contributed by atoms with Gasteiger partial charge in [-0.25, -0.2) is 0 Å². The summed E-state index contributed by atoms with van der Waals surface area (Å²) in [5.41, 5.74) is 1.14. The molecular weight excluding hydrogens is 282 g/mol. The molecule has 0 aliphatic carbocycles. The van der Waals surface area contributed by atoms with Crippen LogP contribution in [-0.4, -0.2) is 40.7 Å². The Morgan fingerprint density at radius 3 is 3.00 bits per heavy atom. The molecule has 2 aliphatic rings. The normalized spacial score (nSPS) is 26.2. The van der Waals surface area contributed by atoms with Gasteiger partial charge in [-0.05, 0) is 35.6 Å². The van der Waals surface area contributed by atoms with Crippen molar-refractivity contribution in [3.8, 4) is 0 Å². The van der Waals surface area contributed by atoms with Crippen molar-refractivity contribution >= 4 is 35.0 Å². The summed E-state index contributed by atoms with van der Waals surface area (Å²) in [6.45, 7) is 0.941. The zero-order valence-corrected chi connectivity index (χ0v) is 12.0. The fourth-order valence-electron chi connectivity index (χ4n) is 2.68. The number of fused-ring (bicyclic) bond motifs is 1. The van der Waals surface area contributed by atoms with Gasteiger partial charge in [-0.2, -0.15) is 0 Å². The largest absolute Gasteiger partial charge is 0.481 e. The summed E-state index contributed by atoms with van der Waals surface area (Å²) >= 11 is 3.40. The number of carbonyl (C=O) groups excluding carboxylic acids is 1. The van der Waals surface area contributed by atoms with Gasteiger partial charge in [0, 0.05) is 18.0 Å². The van der Waals surface area contributed by atoms with E-state index in [-0.39, 0.29) is 17.1 Å². The number of thiophene rings is 1. The molecule has 2 unspecified atom stereocenters. The first-order valence-electron chi connectivity index (χ1n) is 6.36. The number of carboxylic acids is 1. The molecule has 1 aromatic heterocycles. The standard InChI is InChI=1S/C13H15NO3S2/c15-12(14-4-1-8(7-14)13(16)17)11-9-2-5-18-10(9)3-6-19-11/h2,5,8,11H,1,3-4,6-7H2,(H,16,17). The maximum absolute atomic E-state index is 12.5. The first kappa shape index (κ1) is 13.0. The van der Waals surface area contributed by atoms with Gasteiger partial charge in [0.2, 0.25) is 5.91 Å². The highest BCUT2D eigenvalue weighted by atomic mass is 32.2. The summed E-state index contributed by atoms with van der Waals surface area (Å²) in [5.74, 6) is -0.115. The summed E-state index contributed by atoms with van der Waals surface area (Å²) in [6.07, 6.45) is 1.62. The first-order chi connectivity index (χ1) is 9.16. The van der Waals surface area contributed by atoms with Gasteiger partial charge in [-0.3, -0.25) is 9.59 Å². The molecule has 4 nitrogen and oxygen atoms in total. The molecule has 2 atom stereocenters. The predicted molar refractivity (Wildman–Crippen MR) is 75.5 cm³/mol. The van der Waals surface area contributed by atoms with Crippen LogP contribution in [0.2, 0.25) is 0 Å². The van der Waals surface area contributed by atoms with Crippen molar-refractivity contribution in [2.24, 2.45) is 5.92 Å². The molecule has 0 radical (unpaired) electrons. The van der Waals surface area contributed by atoms with Gasteiger partial charge in [-0.1, -0.05) is 0 Å². The highest BCUT2D eigenvalue weighted by Gasteiger charge is 2.36. The van der Waals surface area contributed by atoms with Crippen LogP contribution in [0.25, 0.3) is 0 Å². The number of aliphatic carboxylic acids is 1. The number of nitrogens with zero attached hydrogens (tertiary/aromatic N) is 1. The number of carboxylic acid groups (broad SMARTS) is 1.